The third kappa shape index (κ3) is 2.01. The molecule has 16 heavy (non-hydrogen) atoms. The van der Waals surface area contributed by atoms with Crippen LogP contribution in [-0.2, 0) is 0 Å². The third-order valence-electron chi connectivity index (χ3n) is 2.44. The van der Waals surface area contributed by atoms with Gasteiger partial charge in [0.05, 0.1) is 0 Å². The fourth-order valence-electron chi connectivity index (χ4n) is 1.66. The van der Waals surface area contributed by atoms with Crippen LogP contribution >= 0.6 is 0 Å². The van der Waals surface area contributed by atoms with Gasteiger partial charge in [-0.25, -0.2) is 9.97 Å². The van der Waals surface area contributed by atoms with Crippen molar-refractivity contribution in [2.45, 2.75) is 13.8 Å². The Bertz CT molecular complexity index is 553. The second-order valence-electron chi connectivity index (χ2n) is 3.52. The number of nitrogens with zero attached hydrogens (tertiary/aromatic N) is 2. The maximum absolute atomic E-state index is 4.35. The summed E-state index contributed by atoms with van der Waals surface area (Å²) >= 11 is 0. The van der Waals surface area contributed by atoms with E-state index in [4.69, 9.17) is 0 Å². The van der Waals surface area contributed by atoms with Crippen molar-refractivity contribution in [3.8, 4) is 0 Å². The fourth-order valence-corrected chi connectivity index (χ4v) is 1.66. The summed E-state index contributed by atoms with van der Waals surface area (Å²) in [6, 6.07) is 6.07. The lowest BCUT2D eigenvalue weighted by molar-refractivity contribution is 1.28. The Hall–Kier alpha value is -1.96. The highest BCUT2D eigenvalue weighted by molar-refractivity contribution is 5.82. The van der Waals surface area contributed by atoms with Gasteiger partial charge in [-0.05, 0) is 37.6 Å². The van der Waals surface area contributed by atoms with Crippen molar-refractivity contribution >= 4 is 16.6 Å². The molecule has 0 aliphatic rings. The zero-order valence-corrected chi connectivity index (χ0v) is 9.51. The highest BCUT2D eigenvalue weighted by Crippen LogP contribution is 2.18. The molecule has 80 valence electrons. The molecule has 0 spiro atoms. The van der Waals surface area contributed by atoms with Crippen LogP contribution in [-0.4, -0.2) is 9.97 Å². The van der Waals surface area contributed by atoms with Crippen molar-refractivity contribution in [2.75, 3.05) is 0 Å². The zero-order chi connectivity index (χ0) is 11.4. The molecule has 2 rings (SSSR count). The normalized spacial score (nSPS) is 12.5. The Morgan fingerprint density at radius 3 is 2.88 bits per heavy atom. The first-order chi connectivity index (χ1) is 7.85. The summed E-state index contributed by atoms with van der Waals surface area (Å²) in [5.41, 5.74) is 3.10. The van der Waals surface area contributed by atoms with E-state index >= 15 is 0 Å². The van der Waals surface area contributed by atoms with Crippen molar-refractivity contribution in [1.29, 1.82) is 0 Å². The molecule has 0 unspecified atom stereocenters. The van der Waals surface area contributed by atoms with Crippen molar-refractivity contribution in [3.63, 3.8) is 0 Å². The van der Waals surface area contributed by atoms with Gasteiger partial charge >= 0.3 is 0 Å². The zero-order valence-electron chi connectivity index (χ0n) is 9.51. The molecular formula is C14H14N2. The molecule has 0 fully saturated rings. The van der Waals surface area contributed by atoms with E-state index in [0.29, 0.717) is 0 Å². The van der Waals surface area contributed by atoms with Crippen LogP contribution in [0.15, 0.2) is 48.8 Å². The third-order valence-corrected chi connectivity index (χ3v) is 2.44. The monoisotopic (exact) mass is 210 g/mol. The largest absolute Gasteiger partial charge is 0.237 e. The van der Waals surface area contributed by atoms with Crippen LogP contribution in [0, 0.1) is 0 Å². The van der Waals surface area contributed by atoms with Gasteiger partial charge in [-0.15, -0.1) is 0 Å². The van der Waals surface area contributed by atoms with E-state index in [2.05, 4.69) is 28.2 Å². The molecule has 2 aromatic rings. The number of allylic oxidation sites excluding steroid dienone is 4. The van der Waals surface area contributed by atoms with Crippen LogP contribution in [0.4, 0.5) is 0 Å². The maximum Gasteiger partial charge on any atom is 0.159 e. The lowest BCUT2D eigenvalue weighted by atomic mass is 10.1. The average Bonchev–Trinajstić information content (AvgIpc) is 2.35. The molecule has 0 amide bonds. The van der Waals surface area contributed by atoms with Crippen molar-refractivity contribution in [3.05, 3.63) is 54.4 Å². The molecule has 2 heterocycles. The molecule has 0 atom stereocenters. The summed E-state index contributed by atoms with van der Waals surface area (Å²) < 4.78 is 0. The smallest absolute Gasteiger partial charge is 0.159 e. The molecule has 0 radical (unpaired) electrons. The van der Waals surface area contributed by atoms with Crippen LogP contribution in [0.2, 0.25) is 0 Å². The Labute approximate surface area is 95.4 Å². The SMILES string of the molecule is C/C=C\C(=C/C)c1cnc2ncccc2c1. The number of pyridine rings is 2. The van der Waals surface area contributed by atoms with E-state index < -0.39 is 0 Å². The van der Waals surface area contributed by atoms with Gasteiger partial charge < -0.3 is 0 Å². The topological polar surface area (TPSA) is 25.8 Å². The van der Waals surface area contributed by atoms with Gasteiger partial charge in [0.1, 0.15) is 0 Å². The Kier molecular flexibility index (Phi) is 3.10. The van der Waals surface area contributed by atoms with Crippen molar-refractivity contribution in [2.24, 2.45) is 0 Å². The van der Waals surface area contributed by atoms with E-state index in [9.17, 15) is 0 Å². The minimum absolute atomic E-state index is 0.794. The molecule has 0 aliphatic carbocycles. The van der Waals surface area contributed by atoms with Crippen molar-refractivity contribution < 1.29 is 0 Å². The summed E-state index contributed by atoms with van der Waals surface area (Å²) in [5, 5.41) is 1.07. The second-order valence-corrected chi connectivity index (χ2v) is 3.52. The molecule has 0 aliphatic heterocycles. The van der Waals surface area contributed by atoms with Gasteiger partial charge in [0.15, 0.2) is 5.65 Å². The molecule has 2 aromatic heterocycles. The Morgan fingerprint density at radius 1 is 1.25 bits per heavy atom. The average molecular weight is 210 g/mol. The molecule has 0 bridgehead atoms. The number of hydrogen-bond acceptors (Lipinski definition) is 2. The molecule has 0 N–H and O–H groups in total. The first-order valence-corrected chi connectivity index (χ1v) is 5.35. The quantitative estimate of drug-likeness (QED) is 0.708. The molecule has 0 aromatic carbocycles. The predicted molar refractivity (Wildman–Crippen MR) is 68.0 cm³/mol. The summed E-state index contributed by atoms with van der Waals surface area (Å²) in [7, 11) is 0. The minimum Gasteiger partial charge on any atom is -0.237 e. The van der Waals surface area contributed by atoms with Crippen LogP contribution in [0.25, 0.3) is 16.6 Å². The predicted octanol–water partition coefficient (Wildman–Crippen LogP) is 3.61. The summed E-state index contributed by atoms with van der Waals surface area (Å²) in [5.74, 6) is 0. The Balaban J connectivity index is 2.54. The minimum atomic E-state index is 0.794. The molecule has 0 saturated carbocycles. The number of hydrogen-bond donors (Lipinski definition) is 0. The van der Waals surface area contributed by atoms with Gasteiger partial charge in [0, 0.05) is 23.3 Å². The van der Waals surface area contributed by atoms with E-state index in [1.807, 2.05) is 38.3 Å². The van der Waals surface area contributed by atoms with Gasteiger partial charge in [-0.2, -0.15) is 0 Å². The maximum atomic E-state index is 4.35. The molecular weight excluding hydrogens is 196 g/mol. The van der Waals surface area contributed by atoms with E-state index in [1.165, 1.54) is 5.57 Å². The molecule has 2 heteroatoms. The first kappa shape index (κ1) is 10.6. The summed E-state index contributed by atoms with van der Waals surface area (Å²) in [6.07, 6.45) is 9.82. The van der Waals surface area contributed by atoms with Gasteiger partial charge in [-0.1, -0.05) is 18.2 Å². The van der Waals surface area contributed by atoms with Gasteiger partial charge in [0.2, 0.25) is 0 Å². The highest BCUT2D eigenvalue weighted by atomic mass is 14.8. The first-order valence-electron chi connectivity index (χ1n) is 5.35. The molecule has 2 nitrogen and oxygen atoms in total. The molecule has 0 saturated heterocycles. The Morgan fingerprint density at radius 2 is 2.12 bits per heavy atom. The van der Waals surface area contributed by atoms with Gasteiger partial charge in [0.25, 0.3) is 0 Å². The summed E-state index contributed by atoms with van der Waals surface area (Å²) in [4.78, 5) is 8.55. The summed E-state index contributed by atoms with van der Waals surface area (Å²) in [6.45, 7) is 4.04. The highest BCUT2D eigenvalue weighted by Gasteiger charge is 2.00. The number of rotatable bonds is 2. The lowest BCUT2D eigenvalue weighted by Crippen LogP contribution is -1.87. The fraction of sp³-hybridized carbons (Fsp3) is 0.143. The van der Waals surface area contributed by atoms with E-state index in [1.54, 1.807) is 6.20 Å². The van der Waals surface area contributed by atoms with Crippen molar-refractivity contribution in [1.82, 2.24) is 9.97 Å². The van der Waals surface area contributed by atoms with Gasteiger partial charge in [-0.3, -0.25) is 0 Å². The second kappa shape index (κ2) is 4.71. The van der Waals surface area contributed by atoms with Crippen LogP contribution < -0.4 is 0 Å². The van der Waals surface area contributed by atoms with Crippen LogP contribution in [0.5, 0.6) is 0 Å². The van der Waals surface area contributed by atoms with Crippen LogP contribution in [0.1, 0.15) is 19.4 Å². The van der Waals surface area contributed by atoms with E-state index in [-0.39, 0.29) is 0 Å². The standard InChI is InChI=1S/C14H14N2/c1-3-6-11(4-2)13-9-12-7-5-8-15-14(12)16-10-13/h3-10H,1-2H3/b6-3-,11-4+. The number of fused-ring (bicyclic) bond motifs is 1. The lowest BCUT2D eigenvalue weighted by Gasteiger charge is -2.03. The van der Waals surface area contributed by atoms with E-state index in [0.717, 1.165) is 16.6 Å². The number of aromatic nitrogens is 2. The van der Waals surface area contributed by atoms with Crippen LogP contribution in [0.3, 0.4) is 0 Å².